The van der Waals surface area contributed by atoms with Crippen LogP contribution >= 0.6 is 0 Å². The van der Waals surface area contributed by atoms with Gasteiger partial charge >= 0.3 is 0 Å². The van der Waals surface area contributed by atoms with Crippen molar-refractivity contribution in [3.05, 3.63) is 95.4 Å². The van der Waals surface area contributed by atoms with Gasteiger partial charge in [0, 0.05) is 47.3 Å². The first-order valence-corrected chi connectivity index (χ1v) is 17.6. The first-order valence-electron chi connectivity index (χ1n) is 17.6. The van der Waals surface area contributed by atoms with Gasteiger partial charge in [-0.15, -0.1) is 0 Å². The highest BCUT2D eigenvalue weighted by molar-refractivity contribution is 6.98. The van der Waals surface area contributed by atoms with Crippen molar-refractivity contribution < 1.29 is 9.47 Å². The lowest BCUT2D eigenvalue weighted by atomic mass is 9.35. The molecular formula is C42H42BN3O2. The van der Waals surface area contributed by atoms with Crippen molar-refractivity contribution in [1.29, 1.82) is 0 Å². The summed E-state index contributed by atoms with van der Waals surface area (Å²) >= 11 is 0. The zero-order chi connectivity index (χ0) is 33.2. The maximum Gasteiger partial charge on any atom is 0.266 e. The number of ether oxygens (including phenoxy) is 2. The van der Waals surface area contributed by atoms with E-state index in [9.17, 15) is 0 Å². The van der Waals surface area contributed by atoms with Crippen LogP contribution in [0.3, 0.4) is 0 Å². The van der Waals surface area contributed by atoms with Crippen LogP contribution in [0.2, 0.25) is 0 Å². The van der Waals surface area contributed by atoms with E-state index in [1.807, 2.05) is 18.5 Å². The van der Waals surface area contributed by atoms with Crippen molar-refractivity contribution >= 4 is 23.1 Å². The fraction of sp³-hybridized carbons (Fsp3) is 0.357. The topological polar surface area (TPSA) is 57.1 Å². The van der Waals surface area contributed by atoms with Gasteiger partial charge in [-0.2, -0.15) is 0 Å². The van der Waals surface area contributed by atoms with Crippen LogP contribution in [0.5, 0.6) is 23.1 Å². The number of hydrogen-bond donors (Lipinski definition) is 0. The summed E-state index contributed by atoms with van der Waals surface area (Å²) in [4.78, 5) is 15.0. The minimum absolute atomic E-state index is 0.0531. The molecule has 0 radical (unpaired) electrons. The molecule has 2 aliphatic carbocycles. The molecule has 0 N–H and O–H groups in total. The smallest absolute Gasteiger partial charge is 0.266 e. The van der Waals surface area contributed by atoms with Crippen LogP contribution in [-0.4, -0.2) is 21.7 Å². The van der Waals surface area contributed by atoms with Gasteiger partial charge in [0.25, 0.3) is 6.71 Å². The Labute approximate surface area is 284 Å². The normalized spacial score (nSPS) is 20.2. The fourth-order valence-electron chi connectivity index (χ4n) is 9.08. The van der Waals surface area contributed by atoms with Gasteiger partial charge < -0.3 is 9.47 Å². The maximum atomic E-state index is 6.63. The number of rotatable bonds is 2. The van der Waals surface area contributed by atoms with E-state index in [1.54, 1.807) is 6.20 Å². The number of aromatic nitrogens is 3. The Kier molecular flexibility index (Phi) is 6.21. The number of benzene rings is 2. The number of pyridine rings is 3. The van der Waals surface area contributed by atoms with Crippen LogP contribution in [0.4, 0.5) is 0 Å². The highest BCUT2D eigenvalue weighted by Gasteiger charge is 2.43. The molecular weight excluding hydrogens is 589 g/mol. The average molecular weight is 632 g/mol. The minimum atomic E-state index is -0.137. The van der Waals surface area contributed by atoms with E-state index >= 15 is 0 Å². The largest absolute Gasteiger partial charge is 0.458 e. The number of fused-ring (bicyclic) bond motifs is 6. The van der Waals surface area contributed by atoms with Gasteiger partial charge in [0.1, 0.15) is 17.2 Å². The van der Waals surface area contributed by atoms with E-state index in [0.29, 0.717) is 11.8 Å². The summed E-state index contributed by atoms with van der Waals surface area (Å²) < 4.78 is 13.2. The van der Waals surface area contributed by atoms with Gasteiger partial charge in [0.15, 0.2) is 0 Å². The number of hydrogen-bond acceptors (Lipinski definition) is 5. The van der Waals surface area contributed by atoms with E-state index in [2.05, 4.69) is 97.0 Å². The molecule has 9 rings (SSSR count). The minimum Gasteiger partial charge on any atom is -0.458 e. The predicted molar refractivity (Wildman–Crippen MR) is 194 cm³/mol. The second-order valence-corrected chi connectivity index (χ2v) is 16.5. The standard InChI is InChI=1S/C42H42BN3O2/c1-24-14-16-40(2,3)27-12-8-10-25(36(24)27)31-20-34-29(22-45-31)43-30-23-46-32(21-35(30)48-39-38(43)33(47-34)15-19-44-39)26-11-9-13-28-37(26)42(6,7)18-17-41(28,4)5/h8-13,15,19-24H,14,16-18H2,1-7H3. The lowest BCUT2D eigenvalue weighted by Crippen LogP contribution is -2.57. The molecule has 0 spiro atoms. The van der Waals surface area contributed by atoms with Gasteiger partial charge in [-0.3, -0.25) is 9.97 Å². The number of nitrogens with zero attached hydrogens (tertiary/aromatic N) is 3. The molecule has 1 unspecified atom stereocenters. The van der Waals surface area contributed by atoms with Crippen molar-refractivity contribution in [2.75, 3.05) is 0 Å². The van der Waals surface area contributed by atoms with Gasteiger partial charge in [-0.05, 0) is 87.1 Å². The highest BCUT2D eigenvalue weighted by atomic mass is 16.5. The second kappa shape index (κ2) is 10.0. The summed E-state index contributed by atoms with van der Waals surface area (Å²) in [6, 6.07) is 19.6. The first kappa shape index (κ1) is 29.7. The molecule has 2 aliphatic heterocycles. The van der Waals surface area contributed by atoms with Crippen LogP contribution in [-0.2, 0) is 16.2 Å². The van der Waals surface area contributed by atoms with Crippen LogP contribution in [0.25, 0.3) is 22.5 Å². The Bertz CT molecular complexity index is 2170. The molecule has 0 saturated heterocycles. The third-order valence-corrected chi connectivity index (χ3v) is 12.0. The molecule has 1 atom stereocenters. The van der Waals surface area contributed by atoms with Crippen LogP contribution in [0.15, 0.2) is 73.2 Å². The monoisotopic (exact) mass is 631 g/mol. The van der Waals surface area contributed by atoms with E-state index < -0.39 is 0 Å². The third kappa shape index (κ3) is 4.27. The molecule has 240 valence electrons. The van der Waals surface area contributed by atoms with E-state index in [1.165, 1.54) is 52.6 Å². The Morgan fingerprint density at radius 1 is 0.667 bits per heavy atom. The second-order valence-electron chi connectivity index (χ2n) is 16.5. The molecule has 2 aromatic carbocycles. The van der Waals surface area contributed by atoms with Crippen molar-refractivity contribution in [3.8, 4) is 45.6 Å². The maximum absolute atomic E-state index is 6.63. The van der Waals surface area contributed by atoms with Gasteiger partial charge in [0.2, 0.25) is 5.88 Å². The third-order valence-electron chi connectivity index (χ3n) is 12.0. The van der Waals surface area contributed by atoms with Crippen LogP contribution in [0.1, 0.15) is 102 Å². The van der Waals surface area contributed by atoms with Gasteiger partial charge in [-0.1, -0.05) is 84.9 Å². The quantitative estimate of drug-likeness (QED) is 0.179. The van der Waals surface area contributed by atoms with Crippen molar-refractivity contribution in [2.24, 2.45) is 0 Å². The Balaban J connectivity index is 1.17. The van der Waals surface area contributed by atoms with Crippen molar-refractivity contribution in [1.82, 2.24) is 15.0 Å². The predicted octanol–water partition coefficient (Wildman–Crippen LogP) is 8.46. The highest BCUT2D eigenvalue weighted by Crippen LogP contribution is 2.50. The molecule has 48 heavy (non-hydrogen) atoms. The molecule has 4 aliphatic rings. The molecule has 5 nitrogen and oxygen atoms in total. The van der Waals surface area contributed by atoms with Crippen LogP contribution < -0.4 is 25.9 Å². The molecule has 0 fully saturated rings. The average Bonchev–Trinajstić information content (AvgIpc) is 3.07. The Morgan fingerprint density at radius 3 is 2.04 bits per heavy atom. The summed E-state index contributed by atoms with van der Waals surface area (Å²) in [6.07, 6.45) is 10.5. The van der Waals surface area contributed by atoms with Crippen molar-refractivity contribution in [2.45, 2.75) is 96.3 Å². The molecule has 0 saturated carbocycles. The van der Waals surface area contributed by atoms with E-state index in [4.69, 9.17) is 24.4 Å². The Hall–Kier alpha value is -4.45. The summed E-state index contributed by atoms with van der Waals surface area (Å²) in [6.45, 7) is 16.4. The lowest BCUT2D eigenvalue weighted by Gasteiger charge is -2.43. The Morgan fingerprint density at radius 2 is 1.29 bits per heavy atom. The molecule has 0 bridgehead atoms. The molecule has 0 amide bonds. The summed E-state index contributed by atoms with van der Waals surface area (Å²) in [5.41, 5.74) is 13.2. The molecule has 3 aromatic heterocycles. The van der Waals surface area contributed by atoms with E-state index in [0.717, 1.165) is 51.4 Å². The zero-order valence-electron chi connectivity index (χ0n) is 29.1. The lowest BCUT2D eigenvalue weighted by molar-refractivity contribution is 0.332. The van der Waals surface area contributed by atoms with Gasteiger partial charge in [-0.25, -0.2) is 4.98 Å². The van der Waals surface area contributed by atoms with Crippen LogP contribution in [0, 0.1) is 0 Å². The first-order chi connectivity index (χ1) is 22.9. The van der Waals surface area contributed by atoms with Crippen molar-refractivity contribution in [3.63, 3.8) is 0 Å². The molecule has 5 heterocycles. The molecule has 6 heteroatoms. The summed E-state index contributed by atoms with van der Waals surface area (Å²) in [7, 11) is 0. The molecule has 5 aromatic rings. The zero-order valence-corrected chi connectivity index (χ0v) is 29.1. The fourth-order valence-corrected chi connectivity index (χ4v) is 9.08. The van der Waals surface area contributed by atoms with Gasteiger partial charge in [0.05, 0.1) is 11.4 Å². The van der Waals surface area contributed by atoms with E-state index in [-0.39, 0.29) is 23.0 Å². The SMILES string of the molecule is CC1CCC(C)(C)c2cccc(-c3cc4c(cn3)B3c5cnc(-c6cccc7c6C(C)(C)CCC7(C)C)cc5Oc5nccc(c53)O4)c21. The summed E-state index contributed by atoms with van der Waals surface area (Å²) in [5, 5.41) is 0. The summed E-state index contributed by atoms with van der Waals surface area (Å²) in [5.74, 6) is 3.45.